The minimum Gasteiger partial charge on any atom is -0.341 e. The van der Waals surface area contributed by atoms with Gasteiger partial charge in [-0.15, -0.1) is 0 Å². The molecule has 0 aromatic heterocycles. The lowest BCUT2D eigenvalue weighted by Gasteiger charge is -2.27. The molecule has 1 aromatic rings. The third-order valence-electron chi connectivity index (χ3n) is 2.91. The van der Waals surface area contributed by atoms with Crippen molar-refractivity contribution >= 4 is 6.03 Å². The topological polar surface area (TPSA) is 53.2 Å². The second kappa shape index (κ2) is 4.99. The second-order valence-corrected chi connectivity index (χ2v) is 3.92. The van der Waals surface area contributed by atoms with Gasteiger partial charge < -0.3 is 16.0 Å². The number of fused-ring (bicyclic) bond motifs is 1. The van der Waals surface area contributed by atoms with E-state index in [0.29, 0.717) is 6.54 Å². The van der Waals surface area contributed by atoms with Gasteiger partial charge in [0, 0.05) is 19.6 Å². The van der Waals surface area contributed by atoms with Crippen LogP contribution < -0.4 is 16.0 Å². The number of urea groups is 1. The number of carbonyl (C=O) groups is 1. The van der Waals surface area contributed by atoms with Gasteiger partial charge in [0.1, 0.15) is 0 Å². The van der Waals surface area contributed by atoms with Crippen LogP contribution in [-0.4, -0.2) is 26.2 Å². The van der Waals surface area contributed by atoms with Crippen LogP contribution in [-0.2, 0) is 6.42 Å². The van der Waals surface area contributed by atoms with E-state index in [9.17, 15) is 4.79 Å². The molecule has 2 amide bonds. The average molecular weight is 219 g/mol. The first-order chi connectivity index (χ1) is 7.81. The van der Waals surface area contributed by atoms with Crippen LogP contribution in [0.2, 0.25) is 0 Å². The van der Waals surface area contributed by atoms with Crippen molar-refractivity contribution in [3.63, 3.8) is 0 Å². The summed E-state index contributed by atoms with van der Waals surface area (Å²) in [6.45, 7) is 1.59. The first kappa shape index (κ1) is 11.0. The Balaban J connectivity index is 2.04. The molecule has 0 saturated heterocycles. The smallest absolute Gasteiger partial charge is 0.314 e. The fourth-order valence-corrected chi connectivity index (χ4v) is 2.06. The van der Waals surface area contributed by atoms with Gasteiger partial charge in [-0.25, -0.2) is 4.79 Å². The number of nitrogens with one attached hydrogen (secondary N) is 3. The summed E-state index contributed by atoms with van der Waals surface area (Å²) in [5.41, 5.74) is 2.68. The van der Waals surface area contributed by atoms with E-state index in [1.807, 2.05) is 6.07 Å². The molecule has 86 valence electrons. The third kappa shape index (κ3) is 2.33. The van der Waals surface area contributed by atoms with Gasteiger partial charge in [-0.2, -0.15) is 0 Å². The highest BCUT2D eigenvalue weighted by molar-refractivity contribution is 5.73. The Hall–Kier alpha value is -1.55. The highest BCUT2D eigenvalue weighted by Crippen LogP contribution is 2.21. The molecule has 1 aliphatic heterocycles. The fourth-order valence-electron chi connectivity index (χ4n) is 2.06. The average Bonchev–Trinajstić information content (AvgIpc) is 2.35. The number of rotatable bonds is 2. The Morgan fingerprint density at radius 1 is 1.50 bits per heavy atom. The normalized spacial score (nSPS) is 18.7. The summed E-state index contributed by atoms with van der Waals surface area (Å²) in [5.74, 6) is 0. The Morgan fingerprint density at radius 3 is 3.12 bits per heavy atom. The van der Waals surface area contributed by atoms with Gasteiger partial charge in [-0.05, 0) is 24.1 Å². The molecule has 1 heterocycles. The van der Waals surface area contributed by atoms with E-state index in [2.05, 4.69) is 34.1 Å². The Bertz CT molecular complexity index is 378. The van der Waals surface area contributed by atoms with Crippen LogP contribution in [0.4, 0.5) is 4.79 Å². The summed E-state index contributed by atoms with van der Waals surface area (Å²) >= 11 is 0. The van der Waals surface area contributed by atoms with E-state index in [1.54, 1.807) is 7.05 Å². The Kier molecular flexibility index (Phi) is 3.41. The van der Waals surface area contributed by atoms with Gasteiger partial charge in [-0.1, -0.05) is 24.3 Å². The zero-order chi connectivity index (χ0) is 11.4. The number of hydrogen-bond donors (Lipinski definition) is 3. The lowest BCUT2D eigenvalue weighted by atomic mass is 9.94. The van der Waals surface area contributed by atoms with E-state index in [1.165, 1.54) is 11.1 Å². The van der Waals surface area contributed by atoms with Crippen LogP contribution in [0.5, 0.6) is 0 Å². The molecule has 4 heteroatoms. The van der Waals surface area contributed by atoms with Crippen molar-refractivity contribution in [1.29, 1.82) is 0 Å². The number of amides is 2. The van der Waals surface area contributed by atoms with Crippen molar-refractivity contribution in [3.8, 4) is 0 Å². The monoisotopic (exact) mass is 219 g/mol. The van der Waals surface area contributed by atoms with E-state index in [0.717, 1.165) is 13.0 Å². The molecule has 1 atom stereocenters. The molecule has 1 unspecified atom stereocenters. The van der Waals surface area contributed by atoms with E-state index < -0.39 is 0 Å². The van der Waals surface area contributed by atoms with Crippen LogP contribution in [0.3, 0.4) is 0 Å². The predicted molar refractivity (Wildman–Crippen MR) is 63.3 cm³/mol. The summed E-state index contributed by atoms with van der Waals surface area (Å²) in [7, 11) is 1.62. The summed E-state index contributed by atoms with van der Waals surface area (Å²) in [5, 5.41) is 8.79. The third-order valence-corrected chi connectivity index (χ3v) is 2.91. The van der Waals surface area contributed by atoms with Crippen molar-refractivity contribution < 1.29 is 4.79 Å². The van der Waals surface area contributed by atoms with E-state index in [-0.39, 0.29) is 12.1 Å². The number of carbonyl (C=O) groups excluding carboxylic acids is 1. The molecule has 0 aliphatic carbocycles. The van der Waals surface area contributed by atoms with Gasteiger partial charge in [-0.3, -0.25) is 0 Å². The van der Waals surface area contributed by atoms with Crippen molar-refractivity contribution in [1.82, 2.24) is 16.0 Å². The van der Waals surface area contributed by atoms with Gasteiger partial charge in [0.25, 0.3) is 0 Å². The summed E-state index contributed by atoms with van der Waals surface area (Å²) in [6.07, 6.45) is 1.06. The molecule has 0 fully saturated rings. The van der Waals surface area contributed by atoms with Crippen LogP contribution in [0.15, 0.2) is 24.3 Å². The number of hydrogen-bond acceptors (Lipinski definition) is 2. The van der Waals surface area contributed by atoms with Crippen molar-refractivity contribution in [3.05, 3.63) is 35.4 Å². The maximum atomic E-state index is 11.1. The van der Waals surface area contributed by atoms with Crippen LogP contribution in [0.25, 0.3) is 0 Å². The van der Waals surface area contributed by atoms with Crippen LogP contribution >= 0.6 is 0 Å². The largest absolute Gasteiger partial charge is 0.341 e. The zero-order valence-electron chi connectivity index (χ0n) is 9.42. The van der Waals surface area contributed by atoms with Crippen LogP contribution in [0, 0.1) is 0 Å². The lowest BCUT2D eigenvalue weighted by molar-refractivity contribution is 0.241. The van der Waals surface area contributed by atoms with Gasteiger partial charge in [0.15, 0.2) is 0 Å². The van der Waals surface area contributed by atoms with Crippen LogP contribution in [0.1, 0.15) is 17.2 Å². The highest BCUT2D eigenvalue weighted by atomic mass is 16.2. The maximum Gasteiger partial charge on any atom is 0.314 e. The van der Waals surface area contributed by atoms with Crippen molar-refractivity contribution in [2.45, 2.75) is 12.5 Å². The summed E-state index contributed by atoms with van der Waals surface area (Å²) in [4.78, 5) is 11.1. The molecule has 0 bridgehead atoms. The van der Waals surface area contributed by atoms with Gasteiger partial charge in [0.2, 0.25) is 0 Å². The number of benzene rings is 1. The summed E-state index contributed by atoms with van der Waals surface area (Å²) < 4.78 is 0. The Labute approximate surface area is 95.4 Å². The molecule has 0 spiro atoms. The minimum absolute atomic E-state index is 0.134. The molecule has 0 radical (unpaired) electrons. The van der Waals surface area contributed by atoms with Crippen molar-refractivity contribution in [2.24, 2.45) is 0 Å². The maximum absolute atomic E-state index is 11.1. The lowest BCUT2D eigenvalue weighted by Crippen LogP contribution is -2.41. The van der Waals surface area contributed by atoms with Crippen molar-refractivity contribution in [2.75, 3.05) is 20.1 Å². The van der Waals surface area contributed by atoms with Gasteiger partial charge >= 0.3 is 6.03 Å². The molecule has 1 aromatic carbocycles. The molecule has 0 saturated carbocycles. The molecule has 4 nitrogen and oxygen atoms in total. The minimum atomic E-state index is -0.134. The SMILES string of the molecule is CNC(=O)NCC1NCCc2ccccc21. The van der Waals surface area contributed by atoms with E-state index >= 15 is 0 Å². The molecule has 16 heavy (non-hydrogen) atoms. The summed E-state index contributed by atoms with van der Waals surface area (Å²) in [6, 6.07) is 8.47. The quantitative estimate of drug-likeness (QED) is 0.689. The molecular formula is C12H17N3O. The first-order valence-corrected chi connectivity index (χ1v) is 5.58. The highest BCUT2D eigenvalue weighted by Gasteiger charge is 2.18. The van der Waals surface area contributed by atoms with Gasteiger partial charge in [0.05, 0.1) is 0 Å². The molecule has 1 aliphatic rings. The molecule has 2 rings (SSSR count). The Morgan fingerprint density at radius 2 is 2.31 bits per heavy atom. The standard InChI is InChI=1S/C12H17N3O/c1-13-12(16)15-8-11-10-5-3-2-4-9(10)6-7-14-11/h2-5,11,14H,6-8H2,1H3,(H2,13,15,16). The molecular weight excluding hydrogens is 202 g/mol. The predicted octanol–water partition coefficient (Wildman–Crippen LogP) is 0.802. The molecule has 3 N–H and O–H groups in total. The van der Waals surface area contributed by atoms with E-state index in [4.69, 9.17) is 0 Å². The fraction of sp³-hybridized carbons (Fsp3) is 0.417. The first-order valence-electron chi connectivity index (χ1n) is 5.58. The second-order valence-electron chi connectivity index (χ2n) is 3.92. The zero-order valence-corrected chi connectivity index (χ0v) is 9.42.